The average Bonchev–Trinajstić information content (AvgIpc) is 3.88. The largest absolute Gasteiger partial charge is 0.493 e. The third-order valence-corrected chi connectivity index (χ3v) is 8.00. The van der Waals surface area contributed by atoms with Gasteiger partial charge in [0, 0.05) is 38.8 Å². The lowest BCUT2D eigenvalue weighted by Gasteiger charge is -2.16. The van der Waals surface area contributed by atoms with Crippen molar-refractivity contribution in [3.8, 4) is 45.3 Å². The van der Waals surface area contributed by atoms with Crippen molar-refractivity contribution in [1.82, 2.24) is 19.9 Å². The monoisotopic (exact) mass is 674 g/mol. The molecule has 230 valence electrons. The number of benzene rings is 2. The molecule has 5 heterocycles. The molecule has 8 bridgehead atoms. The fourth-order valence-corrected chi connectivity index (χ4v) is 6.06. The van der Waals surface area contributed by atoms with Crippen molar-refractivity contribution in [1.29, 1.82) is 0 Å². The SMILES string of the molecule is COc1ccc(-c2c3nc(c(-c4ccc(OC(C)Br)cc4)c4ccc(cc5nc(cc6ccc2[nH]6)C=C5)[nH]4)C=C3)c(OC)c1OC. The van der Waals surface area contributed by atoms with E-state index in [2.05, 4.69) is 50.2 Å². The van der Waals surface area contributed by atoms with E-state index in [4.69, 9.17) is 28.9 Å². The van der Waals surface area contributed by atoms with Crippen LogP contribution >= 0.6 is 15.9 Å². The van der Waals surface area contributed by atoms with Crippen molar-refractivity contribution in [2.24, 2.45) is 0 Å². The fourth-order valence-electron chi connectivity index (χ4n) is 5.85. The summed E-state index contributed by atoms with van der Waals surface area (Å²) in [5.74, 6) is 2.39. The van der Waals surface area contributed by atoms with Gasteiger partial charge >= 0.3 is 0 Å². The molecule has 0 spiro atoms. The van der Waals surface area contributed by atoms with E-state index in [1.807, 2.05) is 79.8 Å². The van der Waals surface area contributed by atoms with E-state index in [1.54, 1.807) is 21.3 Å². The highest BCUT2D eigenvalue weighted by atomic mass is 79.9. The third kappa shape index (κ3) is 5.54. The molecule has 2 aliphatic rings. The van der Waals surface area contributed by atoms with Crippen LogP contribution in [0.4, 0.5) is 0 Å². The first-order chi connectivity index (χ1) is 22.4. The fraction of sp³-hybridized carbons (Fsp3) is 0.135. The molecule has 0 aliphatic carbocycles. The Bertz CT molecular complexity index is 2180. The molecule has 46 heavy (non-hydrogen) atoms. The molecule has 0 saturated heterocycles. The summed E-state index contributed by atoms with van der Waals surface area (Å²) < 4.78 is 23.2. The number of fused-ring (bicyclic) bond motifs is 8. The van der Waals surface area contributed by atoms with Gasteiger partial charge in [-0.25, -0.2) is 9.97 Å². The van der Waals surface area contributed by atoms with Gasteiger partial charge in [-0.2, -0.15) is 0 Å². The van der Waals surface area contributed by atoms with Crippen LogP contribution in [0, 0.1) is 0 Å². The number of rotatable bonds is 7. The Balaban J connectivity index is 1.58. The molecule has 2 N–H and O–H groups in total. The van der Waals surface area contributed by atoms with Gasteiger partial charge in [0.2, 0.25) is 5.75 Å². The van der Waals surface area contributed by atoms with Gasteiger partial charge < -0.3 is 28.9 Å². The van der Waals surface area contributed by atoms with E-state index in [0.717, 1.165) is 72.8 Å². The summed E-state index contributed by atoms with van der Waals surface area (Å²) in [5.41, 5.74) is 10.5. The third-order valence-electron chi connectivity index (χ3n) is 7.81. The van der Waals surface area contributed by atoms with Crippen molar-refractivity contribution < 1.29 is 18.9 Å². The Hall–Kier alpha value is -5.28. The Labute approximate surface area is 274 Å². The maximum atomic E-state index is 5.95. The van der Waals surface area contributed by atoms with Crippen molar-refractivity contribution >= 4 is 62.3 Å². The van der Waals surface area contributed by atoms with Gasteiger partial charge in [-0.15, -0.1) is 0 Å². The van der Waals surface area contributed by atoms with Crippen LogP contribution in [-0.2, 0) is 0 Å². The molecule has 0 saturated carbocycles. The van der Waals surface area contributed by atoms with Crippen molar-refractivity contribution in [3.63, 3.8) is 0 Å². The number of halogens is 1. The Kier molecular flexibility index (Phi) is 7.84. The van der Waals surface area contributed by atoms with Gasteiger partial charge in [-0.3, -0.25) is 0 Å². The average molecular weight is 676 g/mol. The zero-order valence-corrected chi connectivity index (χ0v) is 27.3. The summed E-state index contributed by atoms with van der Waals surface area (Å²) in [6.45, 7) is 1.94. The number of hydrogen-bond acceptors (Lipinski definition) is 6. The standard InChI is InChI=1S/C37H31BrN4O4/c1-21(38)46-27-11-5-22(6-12-27)34-29-14-9-25(40-29)19-23-7-8-24(39-23)20-26-10-15-31(41-26)35(32-17-16-30(34)42-32)28-13-18-33(43-2)37(45-4)36(28)44-3/h5-21,40-41H,1-4H3. The quantitative estimate of drug-likeness (QED) is 0.164. The molecule has 8 nitrogen and oxygen atoms in total. The first-order valence-electron chi connectivity index (χ1n) is 14.7. The van der Waals surface area contributed by atoms with E-state index < -0.39 is 0 Å². The summed E-state index contributed by atoms with van der Waals surface area (Å²) in [5, 5.41) is -0.103. The number of nitrogens with one attached hydrogen (secondary N) is 2. The number of aromatic nitrogens is 4. The highest BCUT2D eigenvalue weighted by molar-refractivity contribution is 9.09. The Morgan fingerprint density at radius 1 is 0.630 bits per heavy atom. The van der Waals surface area contributed by atoms with Crippen LogP contribution in [0.25, 0.3) is 68.6 Å². The molecule has 3 aromatic heterocycles. The first-order valence-corrected chi connectivity index (χ1v) is 15.7. The molecule has 0 fully saturated rings. The van der Waals surface area contributed by atoms with Crippen LogP contribution in [-0.4, -0.2) is 46.3 Å². The number of methoxy groups -OCH3 is 3. The summed E-state index contributed by atoms with van der Waals surface area (Å²) in [4.78, 5) is 17.3. The molecule has 1 atom stereocenters. The summed E-state index contributed by atoms with van der Waals surface area (Å²) in [6.07, 6.45) is 8.11. The van der Waals surface area contributed by atoms with Crippen LogP contribution in [0.1, 0.15) is 29.7 Å². The van der Waals surface area contributed by atoms with Gasteiger partial charge in [-0.1, -0.05) is 12.1 Å². The predicted octanol–water partition coefficient (Wildman–Crippen LogP) is 9.14. The van der Waals surface area contributed by atoms with E-state index in [1.165, 1.54) is 0 Å². The molecule has 2 aliphatic heterocycles. The van der Waals surface area contributed by atoms with Crippen LogP contribution in [0.5, 0.6) is 23.0 Å². The molecule has 5 aromatic rings. The van der Waals surface area contributed by atoms with E-state index in [-0.39, 0.29) is 5.01 Å². The summed E-state index contributed by atoms with van der Waals surface area (Å²) in [7, 11) is 4.84. The topological polar surface area (TPSA) is 94.3 Å². The first kappa shape index (κ1) is 29.4. The summed E-state index contributed by atoms with van der Waals surface area (Å²) >= 11 is 3.46. The van der Waals surface area contributed by atoms with Crippen molar-refractivity contribution in [3.05, 3.63) is 95.6 Å². The second-order valence-electron chi connectivity index (χ2n) is 10.8. The van der Waals surface area contributed by atoms with Gasteiger partial charge in [0.05, 0.1) is 44.1 Å². The number of H-pyrrole nitrogens is 2. The molecule has 0 amide bonds. The normalized spacial score (nSPS) is 12.6. The van der Waals surface area contributed by atoms with Gasteiger partial charge in [0.15, 0.2) is 16.5 Å². The maximum Gasteiger partial charge on any atom is 0.203 e. The minimum atomic E-state index is -0.103. The minimum Gasteiger partial charge on any atom is -0.493 e. The minimum absolute atomic E-state index is 0.103. The summed E-state index contributed by atoms with van der Waals surface area (Å²) in [6, 6.07) is 24.2. The lowest BCUT2D eigenvalue weighted by Crippen LogP contribution is -2.01. The number of nitrogens with zero attached hydrogens (tertiary/aromatic N) is 2. The number of alkyl halides is 1. The zero-order valence-electron chi connectivity index (χ0n) is 25.7. The Morgan fingerprint density at radius 2 is 1.24 bits per heavy atom. The van der Waals surface area contributed by atoms with E-state index in [0.29, 0.717) is 17.2 Å². The van der Waals surface area contributed by atoms with Gasteiger partial charge in [-0.05, 0) is 113 Å². The molecule has 1 unspecified atom stereocenters. The van der Waals surface area contributed by atoms with E-state index >= 15 is 0 Å². The van der Waals surface area contributed by atoms with Crippen LogP contribution in [0.15, 0.2) is 72.8 Å². The number of hydrogen-bond donors (Lipinski definition) is 2. The number of ether oxygens (including phenoxy) is 4. The molecule has 9 heteroatoms. The van der Waals surface area contributed by atoms with Crippen molar-refractivity contribution in [2.75, 3.05) is 21.3 Å². The lowest BCUT2D eigenvalue weighted by molar-refractivity contribution is 0.314. The molecule has 2 aromatic carbocycles. The van der Waals surface area contributed by atoms with Crippen LogP contribution in [0.2, 0.25) is 0 Å². The Morgan fingerprint density at radius 3 is 1.83 bits per heavy atom. The van der Waals surface area contributed by atoms with Crippen LogP contribution in [0.3, 0.4) is 0 Å². The van der Waals surface area contributed by atoms with Gasteiger partial charge in [0.25, 0.3) is 0 Å². The maximum absolute atomic E-state index is 5.95. The molecular weight excluding hydrogens is 644 g/mol. The van der Waals surface area contributed by atoms with Crippen LogP contribution < -0.4 is 18.9 Å². The second-order valence-corrected chi connectivity index (χ2v) is 12.1. The predicted molar refractivity (Wildman–Crippen MR) is 188 cm³/mol. The molecule has 7 rings (SSSR count). The molecule has 0 radical (unpaired) electrons. The van der Waals surface area contributed by atoms with E-state index in [9.17, 15) is 0 Å². The molecular formula is C37H31BrN4O4. The number of aromatic amines is 2. The lowest BCUT2D eigenvalue weighted by atomic mass is 10.0. The second kappa shape index (κ2) is 12.3. The zero-order chi connectivity index (χ0) is 31.8. The highest BCUT2D eigenvalue weighted by Crippen LogP contribution is 2.46. The smallest absolute Gasteiger partial charge is 0.203 e. The van der Waals surface area contributed by atoms with Gasteiger partial charge in [0.1, 0.15) is 5.75 Å². The highest BCUT2D eigenvalue weighted by Gasteiger charge is 2.22. The van der Waals surface area contributed by atoms with Crippen molar-refractivity contribution in [2.45, 2.75) is 11.9 Å².